The molecule has 1 aliphatic heterocycles. The number of epoxide rings is 1. The predicted molar refractivity (Wildman–Crippen MR) is 99.5 cm³/mol. The van der Waals surface area contributed by atoms with Crippen LogP contribution in [0.15, 0.2) is 35.2 Å². The highest BCUT2D eigenvalue weighted by Gasteiger charge is 2.34. The van der Waals surface area contributed by atoms with Crippen LogP contribution in [0.3, 0.4) is 0 Å². The Kier molecular flexibility index (Phi) is 5.78. The average Bonchev–Trinajstić information content (AvgIpc) is 3.28. The largest absolute Gasteiger partial charge is 0.487 e. The quantitative estimate of drug-likeness (QED) is 0.748. The fraction of sp³-hybridized carbons (Fsp3) is 0.474. The Morgan fingerprint density at radius 1 is 1.38 bits per heavy atom. The molecular formula is C19H24N2O4S. The van der Waals surface area contributed by atoms with Crippen LogP contribution in [-0.4, -0.2) is 35.4 Å². The van der Waals surface area contributed by atoms with Gasteiger partial charge in [-0.2, -0.15) is 0 Å². The third-order valence-corrected chi connectivity index (χ3v) is 4.39. The minimum absolute atomic E-state index is 0.0445. The van der Waals surface area contributed by atoms with Crippen molar-refractivity contribution < 1.29 is 19.0 Å². The van der Waals surface area contributed by atoms with Crippen LogP contribution in [0.25, 0.3) is 0 Å². The number of benzene rings is 1. The van der Waals surface area contributed by atoms with Crippen molar-refractivity contribution in [3.63, 3.8) is 0 Å². The molecule has 1 aromatic carbocycles. The number of aromatic nitrogens is 1. The molecule has 140 valence electrons. The topological polar surface area (TPSA) is 73.0 Å². The van der Waals surface area contributed by atoms with Crippen molar-refractivity contribution in [2.24, 2.45) is 0 Å². The molecule has 0 bridgehead atoms. The molecule has 0 spiro atoms. The van der Waals surface area contributed by atoms with Crippen LogP contribution in [0.2, 0.25) is 0 Å². The fourth-order valence-electron chi connectivity index (χ4n) is 2.46. The zero-order valence-corrected chi connectivity index (χ0v) is 16.0. The Hall–Kier alpha value is -2.12. The van der Waals surface area contributed by atoms with Crippen LogP contribution < -0.4 is 10.1 Å². The highest BCUT2D eigenvalue weighted by atomic mass is 32.1. The van der Waals surface area contributed by atoms with Crippen molar-refractivity contribution in [3.05, 3.63) is 46.4 Å². The summed E-state index contributed by atoms with van der Waals surface area (Å²) in [5.74, 6) is 0.793. The maximum atomic E-state index is 12.0. The predicted octanol–water partition coefficient (Wildman–Crippen LogP) is 3.56. The van der Waals surface area contributed by atoms with Crippen molar-refractivity contribution in [1.82, 2.24) is 10.3 Å². The molecule has 1 saturated heterocycles. The molecular weight excluding hydrogens is 352 g/mol. The summed E-state index contributed by atoms with van der Waals surface area (Å²) < 4.78 is 16.4. The highest BCUT2D eigenvalue weighted by Crippen LogP contribution is 2.21. The molecule has 2 heterocycles. The van der Waals surface area contributed by atoms with Gasteiger partial charge in [-0.1, -0.05) is 12.1 Å². The molecule has 0 saturated carbocycles. The van der Waals surface area contributed by atoms with E-state index in [4.69, 9.17) is 14.2 Å². The van der Waals surface area contributed by atoms with E-state index < -0.39 is 11.7 Å². The minimum atomic E-state index is -0.519. The van der Waals surface area contributed by atoms with E-state index in [1.165, 1.54) is 0 Å². The third kappa shape index (κ3) is 6.00. The van der Waals surface area contributed by atoms with Gasteiger partial charge in [-0.25, -0.2) is 9.78 Å². The molecule has 1 amide bonds. The summed E-state index contributed by atoms with van der Waals surface area (Å²) in [5, 5.41) is 4.89. The molecule has 1 N–H and O–H groups in total. The molecule has 6 nitrogen and oxygen atoms in total. The smallest absolute Gasteiger partial charge is 0.407 e. The van der Waals surface area contributed by atoms with E-state index >= 15 is 0 Å². The lowest BCUT2D eigenvalue weighted by molar-refractivity contribution is 0.0495. The van der Waals surface area contributed by atoms with E-state index in [9.17, 15) is 4.79 Å². The Bertz CT molecular complexity index is 706. The van der Waals surface area contributed by atoms with E-state index in [2.05, 4.69) is 10.3 Å². The zero-order chi connectivity index (χ0) is 18.6. The molecule has 7 heteroatoms. The summed E-state index contributed by atoms with van der Waals surface area (Å²) in [6, 6.07) is 7.76. The number of nitrogens with one attached hydrogen (secondary N) is 1. The Balaban J connectivity index is 1.53. The van der Waals surface area contributed by atoms with Gasteiger partial charge in [0.25, 0.3) is 0 Å². The molecule has 3 rings (SSSR count). The lowest BCUT2D eigenvalue weighted by atomic mass is 10.0. The number of thiazole rings is 1. The number of carbonyl (C=O) groups is 1. The Labute approximate surface area is 157 Å². The number of ether oxygens (including phenoxy) is 3. The van der Waals surface area contributed by atoms with E-state index in [1.54, 1.807) is 16.8 Å². The first-order chi connectivity index (χ1) is 12.4. The van der Waals surface area contributed by atoms with Crippen molar-refractivity contribution >= 4 is 17.4 Å². The van der Waals surface area contributed by atoms with E-state index in [-0.39, 0.29) is 12.1 Å². The molecule has 0 radical (unpaired) electrons. The molecule has 1 aromatic heterocycles. The van der Waals surface area contributed by atoms with Crippen LogP contribution in [-0.2, 0) is 22.5 Å². The first-order valence-electron chi connectivity index (χ1n) is 8.59. The normalized spacial score (nSPS) is 17.4. The SMILES string of the molecule is CC(C)(C)OC(=O)N[C@@H](Cc1ccc(OCc2cscn2)cc1)[C@@H]1CO1. The van der Waals surface area contributed by atoms with Crippen LogP contribution >= 0.6 is 11.3 Å². The maximum absolute atomic E-state index is 12.0. The van der Waals surface area contributed by atoms with Crippen molar-refractivity contribution in [2.75, 3.05) is 6.61 Å². The van der Waals surface area contributed by atoms with Crippen LogP contribution in [0.4, 0.5) is 4.79 Å². The Morgan fingerprint density at radius 2 is 2.12 bits per heavy atom. The summed E-state index contributed by atoms with van der Waals surface area (Å²) in [7, 11) is 0. The van der Waals surface area contributed by atoms with Gasteiger partial charge in [-0.3, -0.25) is 0 Å². The van der Waals surface area contributed by atoms with Gasteiger partial charge in [0.05, 0.1) is 23.9 Å². The van der Waals surface area contributed by atoms with Gasteiger partial charge < -0.3 is 19.5 Å². The number of nitrogens with zero attached hydrogens (tertiary/aromatic N) is 1. The van der Waals surface area contributed by atoms with Gasteiger partial charge in [0.15, 0.2) is 0 Å². The maximum Gasteiger partial charge on any atom is 0.407 e. The summed E-state index contributed by atoms with van der Waals surface area (Å²) in [5.41, 5.74) is 3.30. The molecule has 0 aliphatic carbocycles. The lowest BCUT2D eigenvalue weighted by Gasteiger charge is -2.23. The van der Waals surface area contributed by atoms with Gasteiger partial charge >= 0.3 is 6.09 Å². The number of carbonyl (C=O) groups excluding carboxylic acids is 1. The molecule has 2 aromatic rings. The molecule has 1 aliphatic rings. The van der Waals surface area contributed by atoms with Crippen LogP contribution in [0, 0.1) is 0 Å². The monoisotopic (exact) mass is 376 g/mol. The number of rotatable bonds is 7. The minimum Gasteiger partial charge on any atom is -0.487 e. The first kappa shape index (κ1) is 18.7. The fourth-order valence-corrected chi connectivity index (χ4v) is 3.01. The molecule has 26 heavy (non-hydrogen) atoms. The van der Waals surface area contributed by atoms with Crippen molar-refractivity contribution in [2.45, 2.75) is 51.5 Å². The van der Waals surface area contributed by atoms with Crippen molar-refractivity contribution in [3.8, 4) is 5.75 Å². The standard InChI is InChI=1S/C19H24N2O4S/c1-19(2,3)25-18(22)21-16(17-10-24-17)8-13-4-6-15(7-5-13)23-9-14-11-26-12-20-14/h4-7,11-12,16-17H,8-10H2,1-3H3,(H,21,22)/t16-,17-/m0/s1. The summed E-state index contributed by atoms with van der Waals surface area (Å²) >= 11 is 1.55. The molecule has 1 fully saturated rings. The van der Waals surface area contributed by atoms with Gasteiger partial charge in [-0.05, 0) is 44.9 Å². The number of hydrogen-bond acceptors (Lipinski definition) is 6. The average molecular weight is 376 g/mol. The first-order valence-corrected chi connectivity index (χ1v) is 9.53. The van der Waals surface area contributed by atoms with Gasteiger partial charge in [-0.15, -0.1) is 11.3 Å². The lowest BCUT2D eigenvalue weighted by Crippen LogP contribution is -2.43. The third-order valence-electron chi connectivity index (χ3n) is 3.76. The number of amides is 1. The highest BCUT2D eigenvalue weighted by molar-refractivity contribution is 7.07. The zero-order valence-electron chi connectivity index (χ0n) is 15.2. The molecule has 0 unspecified atom stereocenters. The van der Waals surface area contributed by atoms with Crippen LogP contribution in [0.5, 0.6) is 5.75 Å². The van der Waals surface area contributed by atoms with Crippen LogP contribution in [0.1, 0.15) is 32.0 Å². The van der Waals surface area contributed by atoms with E-state index in [1.807, 2.05) is 50.4 Å². The van der Waals surface area contributed by atoms with Gasteiger partial charge in [0.2, 0.25) is 0 Å². The number of hydrogen-bond donors (Lipinski definition) is 1. The summed E-state index contributed by atoms with van der Waals surface area (Å²) in [6.45, 7) is 6.66. The summed E-state index contributed by atoms with van der Waals surface area (Å²) in [4.78, 5) is 16.2. The molecule has 2 atom stereocenters. The second-order valence-corrected chi connectivity index (χ2v) is 7.96. The summed E-state index contributed by atoms with van der Waals surface area (Å²) in [6.07, 6.45) is 0.306. The van der Waals surface area contributed by atoms with Gasteiger partial charge in [0, 0.05) is 5.38 Å². The van der Waals surface area contributed by atoms with E-state index in [0.29, 0.717) is 19.6 Å². The number of alkyl carbamates (subject to hydrolysis) is 1. The second-order valence-electron chi connectivity index (χ2n) is 7.24. The van der Waals surface area contributed by atoms with E-state index in [0.717, 1.165) is 17.0 Å². The second kappa shape index (κ2) is 8.05. The van der Waals surface area contributed by atoms with Crippen molar-refractivity contribution in [1.29, 1.82) is 0 Å². The Morgan fingerprint density at radius 3 is 2.69 bits per heavy atom. The van der Waals surface area contributed by atoms with Gasteiger partial charge in [0.1, 0.15) is 24.1 Å².